The summed E-state index contributed by atoms with van der Waals surface area (Å²) in [6.45, 7) is 0. The van der Waals surface area contributed by atoms with Crippen LogP contribution in [0.3, 0.4) is 0 Å². The predicted molar refractivity (Wildman–Crippen MR) is 52.3 cm³/mol. The summed E-state index contributed by atoms with van der Waals surface area (Å²) in [5.74, 6) is 6.15. The summed E-state index contributed by atoms with van der Waals surface area (Å²) in [6, 6.07) is 0. The molecule has 2 aromatic rings. The minimum atomic E-state index is 0.133. The third-order valence-corrected chi connectivity index (χ3v) is 2.25. The molecule has 0 aromatic carbocycles. The van der Waals surface area contributed by atoms with Gasteiger partial charge < -0.3 is 11.6 Å². The summed E-state index contributed by atoms with van der Waals surface area (Å²) < 4.78 is 3.24. The minimum Gasteiger partial charge on any atom is -0.366 e. The molecule has 2 rings (SSSR count). The van der Waals surface area contributed by atoms with Gasteiger partial charge in [-0.05, 0) is 15.9 Å². The molecule has 4 N–H and O–H groups in total. The molecule has 0 unspecified atom stereocenters. The lowest BCUT2D eigenvalue weighted by molar-refractivity contribution is 0.714. The van der Waals surface area contributed by atoms with Crippen molar-refractivity contribution < 1.29 is 0 Å². The Balaban J connectivity index is 2.65. The maximum atomic E-state index is 5.61. The van der Waals surface area contributed by atoms with Gasteiger partial charge in [0.15, 0.2) is 4.60 Å². The van der Waals surface area contributed by atoms with E-state index in [9.17, 15) is 0 Å². The smallest absolute Gasteiger partial charge is 0.241 e. The van der Waals surface area contributed by atoms with Crippen molar-refractivity contribution in [3.8, 4) is 11.5 Å². The van der Waals surface area contributed by atoms with E-state index in [1.54, 1.807) is 7.05 Å². The molecule has 0 aliphatic heterocycles. The first kappa shape index (κ1) is 8.94. The van der Waals surface area contributed by atoms with Crippen molar-refractivity contribution >= 4 is 21.9 Å². The Labute approximate surface area is 87.0 Å². The molecule has 0 fully saturated rings. The molecule has 74 valence electrons. The Bertz CT molecular complexity index is 451. The van der Waals surface area contributed by atoms with Gasteiger partial charge in [-0.15, -0.1) is 15.3 Å². The number of nitrogen functional groups attached to an aromatic ring is 2. The Kier molecular flexibility index (Phi) is 1.88. The normalized spacial score (nSPS) is 10.7. The van der Waals surface area contributed by atoms with Crippen molar-refractivity contribution in [2.45, 2.75) is 0 Å². The lowest BCUT2D eigenvalue weighted by Gasteiger charge is -2.00. The summed E-state index contributed by atoms with van der Waals surface area (Å²) in [6.07, 6.45) is 0. The third kappa shape index (κ3) is 1.13. The van der Waals surface area contributed by atoms with Crippen LogP contribution >= 0.6 is 15.9 Å². The SMILES string of the molecule is Cn1nnc(Br)c1-c1nnc(N)n1N. The highest BCUT2D eigenvalue weighted by Crippen LogP contribution is 2.23. The first-order chi connectivity index (χ1) is 6.61. The first-order valence-electron chi connectivity index (χ1n) is 3.62. The quantitative estimate of drug-likeness (QED) is 0.643. The molecule has 2 heterocycles. The van der Waals surface area contributed by atoms with Gasteiger partial charge in [-0.1, -0.05) is 5.21 Å². The fourth-order valence-corrected chi connectivity index (χ4v) is 1.54. The number of halogens is 1. The van der Waals surface area contributed by atoms with Gasteiger partial charge in [0.05, 0.1) is 0 Å². The molecule has 0 aliphatic rings. The molecule has 0 bridgehead atoms. The standard InChI is InChI=1S/C5H7BrN8/c1-13-2(3(6)9-12-13)4-10-11-5(7)14(4)8/h8H2,1H3,(H2,7,11). The number of nitrogens with zero attached hydrogens (tertiary/aromatic N) is 6. The molecule has 2 aromatic heterocycles. The molecular weight excluding hydrogens is 252 g/mol. The maximum Gasteiger partial charge on any atom is 0.241 e. The number of aromatic nitrogens is 6. The van der Waals surface area contributed by atoms with Crippen LogP contribution < -0.4 is 11.6 Å². The Morgan fingerprint density at radius 3 is 2.43 bits per heavy atom. The van der Waals surface area contributed by atoms with Crippen molar-refractivity contribution in [1.29, 1.82) is 0 Å². The van der Waals surface area contributed by atoms with Crippen LogP contribution in [0.25, 0.3) is 11.5 Å². The topological polar surface area (TPSA) is 113 Å². The number of anilines is 1. The van der Waals surface area contributed by atoms with E-state index in [0.717, 1.165) is 0 Å². The van der Waals surface area contributed by atoms with E-state index in [2.05, 4.69) is 36.4 Å². The van der Waals surface area contributed by atoms with Crippen molar-refractivity contribution in [3.05, 3.63) is 4.60 Å². The second-order valence-corrected chi connectivity index (χ2v) is 3.36. The van der Waals surface area contributed by atoms with Gasteiger partial charge in [0.2, 0.25) is 11.8 Å². The highest BCUT2D eigenvalue weighted by Gasteiger charge is 2.17. The van der Waals surface area contributed by atoms with Gasteiger partial charge >= 0.3 is 0 Å². The monoisotopic (exact) mass is 258 g/mol. The summed E-state index contributed by atoms with van der Waals surface area (Å²) in [4.78, 5) is 0. The average molecular weight is 259 g/mol. The van der Waals surface area contributed by atoms with Gasteiger partial charge in [-0.2, -0.15) is 0 Å². The Morgan fingerprint density at radius 1 is 1.29 bits per heavy atom. The van der Waals surface area contributed by atoms with Crippen LogP contribution in [0.15, 0.2) is 4.60 Å². The molecule has 0 spiro atoms. The van der Waals surface area contributed by atoms with Gasteiger partial charge in [-0.25, -0.2) is 9.36 Å². The molecule has 0 radical (unpaired) electrons. The van der Waals surface area contributed by atoms with Crippen LogP contribution in [0.5, 0.6) is 0 Å². The second kappa shape index (κ2) is 2.94. The van der Waals surface area contributed by atoms with Gasteiger partial charge in [-0.3, -0.25) is 0 Å². The zero-order chi connectivity index (χ0) is 10.3. The predicted octanol–water partition coefficient (Wildman–Crippen LogP) is -0.868. The summed E-state index contributed by atoms with van der Waals surface area (Å²) >= 11 is 3.23. The third-order valence-electron chi connectivity index (χ3n) is 1.72. The van der Waals surface area contributed by atoms with Crippen molar-refractivity contribution in [2.24, 2.45) is 7.05 Å². The van der Waals surface area contributed by atoms with Crippen LogP contribution in [0.4, 0.5) is 5.95 Å². The van der Waals surface area contributed by atoms with E-state index in [0.29, 0.717) is 16.1 Å². The Morgan fingerprint density at radius 2 is 2.00 bits per heavy atom. The van der Waals surface area contributed by atoms with Gasteiger partial charge in [0.1, 0.15) is 5.69 Å². The lowest BCUT2D eigenvalue weighted by atomic mass is 10.4. The molecule has 8 nitrogen and oxygen atoms in total. The number of hydrogen-bond acceptors (Lipinski definition) is 6. The molecule has 14 heavy (non-hydrogen) atoms. The van der Waals surface area contributed by atoms with Crippen molar-refractivity contribution in [3.63, 3.8) is 0 Å². The number of nitrogens with two attached hydrogens (primary N) is 2. The second-order valence-electron chi connectivity index (χ2n) is 2.60. The fourth-order valence-electron chi connectivity index (χ4n) is 1.03. The van der Waals surface area contributed by atoms with E-state index in [4.69, 9.17) is 11.6 Å². The van der Waals surface area contributed by atoms with Crippen molar-refractivity contribution in [1.82, 2.24) is 29.9 Å². The molecule has 9 heteroatoms. The highest BCUT2D eigenvalue weighted by molar-refractivity contribution is 9.10. The van der Waals surface area contributed by atoms with Crippen LogP contribution in [0.1, 0.15) is 0 Å². The van der Waals surface area contributed by atoms with E-state index in [1.807, 2.05) is 0 Å². The van der Waals surface area contributed by atoms with Gasteiger partial charge in [0, 0.05) is 7.05 Å². The van der Waals surface area contributed by atoms with Crippen LogP contribution in [0.2, 0.25) is 0 Å². The maximum absolute atomic E-state index is 5.61. The average Bonchev–Trinajstić information content (AvgIpc) is 2.62. The summed E-state index contributed by atoms with van der Waals surface area (Å²) in [7, 11) is 1.72. The zero-order valence-corrected chi connectivity index (χ0v) is 8.80. The molecule has 0 amide bonds. The highest BCUT2D eigenvalue weighted by atomic mass is 79.9. The Hall–Kier alpha value is -1.64. The van der Waals surface area contributed by atoms with E-state index < -0.39 is 0 Å². The lowest BCUT2D eigenvalue weighted by Crippen LogP contribution is -2.14. The van der Waals surface area contributed by atoms with Crippen molar-refractivity contribution in [2.75, 3.05) is 11.6 Å². The summed E-state index contributed by atoms with van der Waals surface area (Å²) in [5, 5.41) is 15.0. The molecule has 0 aliphatic carbocycles. The molecular formula is C5H7BrN8. The molecule has 0 saturated carbocycles. The minimum absolute atomic E-state index is 0.133. The van der Waals surface area contributed by atoms with Crippen LogP contribution in [0, 0.1) is 0 Å². The van der Waals surface area contributed by atoms with E-state index in [1.165, 1.54) is 9.36 Å². The summed E-state index contributed by atoms with van der Waals surface area (Å²) in [5.41, 5.74) is 6.07. The van der Waals surface area contributed by atoms with E-state index >= 15 is 0 Å². The molecule has 0 saturated heterocycles. The van der Waals surface area contributed by atoms with Crippen LogP contribution in [-0.2, 0) is 7.05 Å². The zero-order valence-electron chi connectivity index (χ0n) is 7.22. The molecule has 0 atom stereocenters. The van der Waals surface area contributed by atoms with Crippen LogP contribution in [-0.4, -0.2) is 29.9 Å². The number of hydrogen-bond donors (Lipinski definition) is 2. The number of aryl methyl sites for hydroxylation is 1. The van der Waals surface area contributed by atoms with E-state index in [-0.39, 0.29) is 5.95 Å². The fraction of sp³-hybridized carbons (Fsp3) is 0.200. The first-order valence-corrected chi connectivity index (χ1v) is 4.42. The van der Waals surface area contributed by atoms with Gasteiger partial charge in [0.25, 0.3) is 0 Å². The largest absolute Gasteiger partial charge is 0.366 e. The number of rotatable bonds is 1.